The Bertz CT molecular complexity index is 374. The van der Waals surface area contributed by atoms with Gasteiger partial charge < -0.3 is 10.4 Å². The van der Waals surface area contributed by atoms with Crippen LogP contribution in [0, 0.1) is 13.8 Å². The van der Waals surface area contributed by atoms with E-state index in [1.54, 1.807) is 0 Å². The molecule has 0 heterocycles. The highest BCUT2D eigenvalue weighted by atomic mass is 16.4. The molecule has 0 bridgehead atoms. The number of benzene rings is 1. The summed E-state index contributed by atoms with van der Waals surface area (Å²) < 4.78 is 0. The molecule has 0 aliphatic heterocycles. The fourth-order valence-corrected chi connectivity index (χ4v) is 1.64. The molecular weight excluding hydrogens is 202 g/mol. The van der Waals surface area contributed by atoms with Gasteiger partial charge in [0.15, 0.2) is 0 Å². The average Bonchev–Trinajstić information content (AvgIpc) is 2.23. The van der Waals surface area contributed by atoms with Crippen molar-refractivity contribution in [2.24, 2.45) is 0 Å². The smallest absolute Gasteiger partial charge is 0.326 e. The minimum absolute atomic E-state index is 0.495. The van der Waals surface area contributed by atoms with Crippen LogP contribution < -0.4 is 5.32 Å². The Kier molecular flexibility index (Phi) is 4.35. The fourth-order valence-electron chi connectivity index (χ4n) is 1.64. The molecule has 0 aromatic heterocycles. The predicted octanol–water partition coefficient (Wildman–Crippen LogP) is 2.97. The molecule has 0 unspecified atom stereocenters. The Morgan fingerprint density at radius 2 is 2.12 bits per heavy atom. The van der Waals surface area contributed by atoms with Crippen molar-refractivity contribution in [2.75, 3.05) is 5.32 Å². The molecule has 1 aromatic carbocycles. The van der Waals surface area contributed by atoms with Crippen LogP contribution in [-0.2, 0) is 4.79 Å². The largest absolute Gasteiger partial charge is 0.480 e. The van der Waals surface area contributed by atoms with Gasteiger partial charge in [-0.05, 0) is 37.5 Å². The number of nitrogens with one attached hydrogen (secondary N) is 1. The van der Waals surface area contributed by atoms with E-state index in [1.807, 2.05) is 39.0 Å². The van der Waals surface area contributed by atoms with Gasteiger partial charge in [0.25, 0.3) is 0 Å². The number of carboxylic acid groups (broad SMARTS) is 1. The minimum atomic E-state index is -0.789. The monoisotopic (exact) mass is 221 g/mol. The number of hydrogen-bond donors (Lipinski definition) is 2. The van der Waals surface area contributed by atoms with Gasteiger partial charge in [0.05, 0.1) is 0 Å². The standard InChI is InChI=1S/C13H19NO2/c1-4-6-12(13(15)16)14-11-8-5-7-9(2)10(11)3/h5,7-8,12,14H,4,6H2,1-3H3,(H,15,16)/t12-/m1/s1. The molecule has 3 heteroatoms. The SMILES string of the molecule is CCC[C@@H](Nc1cccc(C)c1C)C(=O)O. The van der Waals surface area contributed by atoms with Gasteiger partial charge in [0.1, 0.15) is 6.04 Å². The van der Waals surface area contributed by atoms with E-state index < -0.39 is 12.0 Å². The topological polar surface area (TPSA) is 49.3 Å². The number of anilines is 1. The van der Waals surface area contributed by atoms with Crippen molar-refractivity contribution >= 4 is 11.7 Å². The highest BCUT2D eigenvalue weighted by molar-refractivity contribution is 5.77. The van der Waals surface area contributed by atoms with Gasteiger partial charge in [0, 0.05) is 5.69 Å². The zero-order valence-corrected chi connectivity index (χ0v) is 10.1. The minimum Gasteiger partial charge on any atom is -0.480 e. The lowest BCUT2D eigenvalue weighted by Gasteiger charge is -2.17. The van der Waals surface area contributed by atoms with Gasteiger partial charge in [-0.3, -0.25) is 0 Å². The molecule has 0 saturated carbocycles. The molecule has 16 heavy (non-hydrogen) atoms. The van der Waals surface area contributed by atoms with Crippen molar-refractivity contribution in [1.82, 2.24) is 0 Å². The van der Waals surface area contributed by atoms with Gasteiger partial charge in [-0.15, -0.1) is 0 Å². The van der Waals surface area contributed by atoms with Crippen LogP contribution in [0.1, 0.15) is 30.9 Å². The van der Waals surface area contributed by atoms with E-state index in [0.29, 0.717) is 6.42 Å². The van der Waals surface area contributed by atoms with E-state index in [0.717, 1.165) is 17.7 Å². The Morgan fingerprint density at radius 3 is 2.69 bits per heavy atom. The molecular formula is C13H19NO2. The lowest BCUT2D eigenvalue weighted by Crippen LogP contribution is -2.29. The summed E-state index contributed by atoms with van der Waals surface area (Å²) >= 11 is 0. The number of carboxylic acids is 1. The second-order valence-electron chi connectivity index (χ2n) is 4.07. The number of aryl methyl sites for hydroxylation is 1. The van der Waals surface area contributed by atoms with Crippen LogP contribution in [0.2, 0.25) is 0 Å². The van der Waals surface area contributed by atoms with Crippen LogP contribution in [0.25, 0.3) is 0 Å². The molecule has 1 atom stereocenters. The van der Waals surface area contributed by atoms with Crippen molar-refractivity contribution in [3.05, 3.63) is 29.3 Å². The molecule has 0 aliphatic rings. The third-order valence-electron chi connectivity index (χ3n) is 2.81. The van der Waals surface area contributed by atoms with E-state index in [4.69, 9.17) is 5.11 Å². The first kappa shape index (κ1) is 12.6. The van der Waals surface area contributed by atoms with Crippen molar-refractivity contribution in [3.63, 3.8) is 0 Å². The first-order valence-corrected chi connectivity index (χ1v) is 5.61. The van der Waals surface area contributed by atoms with Crippen molar-refractivity contribution < 1.29 is 9.90 Å². The molecule has 0 radical (unpaired) electrons. The Balaban J connectivity index is 2.85. The molecule has 0 fully saturated rings. The summed E-state index contributed by atoms with van der Waals surface area (Å²) in [5.74, 6) is -0.789. The Labute approximate surface area is 96.5 Å². The molecule has 0 amide bonds. The molecule has 0 spiro atoms. The summed E-state index contributed by atoms with van der Waals surface area (Å²) in [5, 5.41) is 12.2. The van der Waals surface area contributed by atoms with E-state index in [9.17, 15) is 4.79 Å². The Hall–Kier alpha value is -1.51. The third-order valence-corrected chi connectivity index (χ3v) is 2.81. The summed E-state index contributed by atoms with van der Waals surface area (Å²) in [7, 11) is 0. The molecule has 0 saturated heterocycles. The van der Waals surface area contributed by atoms with E-state index in [2.05, 4.69) is 5.32 Å². The summed E-state index contributed by atoms with van der Waals surface area (Å²) in [6.45, 7) is 6.01. The van der Waals surface area contributed by atoms with Crippen LogP contribution in [0.3, 0.4) is 0 Å². The van der Waals surface area contributed by atoms with Gasteiger partial charge in [-0.2, -0.15) is 0 Å². The van der Waals surface area contributed by atoms with Crippen LogP contribution in [0.5, 0.6) is 0 Å². The van der Waals surface area contributed by atoms with Crippen molar-refractivity contribution in [3.8, 4) is 0 Å². The third kappa shape index (κ3) is 2.99. The molecule has 0 aliphatic carbocycles. The second kappa shape index (κ2) is 5.54. The average molecular weight is 221 g/mol. The first-order chi connectivity index (χ1) is 7.56. The molecule has 1 rings (SSSR count). The van der Waals surface area contributed by atoms with Crippen LogP contribution in [0.4, 0.5) is 5.69 Å². The maximum atomic E-state index is 11.0. The van der Waals surface area contributed by atoms with E-state index in [-0.39, 0.29) is 0 Å². The first-order valence-electron chi connectivity index (χ1n) is 5.61. The summed E-state index contributed by atoms with van der Waals surface area (Å²) in [6, 6.07) is 5.39. The van der Waals surface area contributed by atoms with Gasteiger partial charge in [-0.1, -0.05) is 25.5 Å². The van der Waals surface area contributed by atoms with Crippen molar-refractivity contribution in [1.29, 1.82) is 0 Å². The highest BCUT2D eigenvalue weighted by Gasteiger charge is 2.16. The lowest BCUT2D eigenvalue weighted by atomic mass is 10.1. The molecule has 3 nitrogen and oxygen atoms in total. The van der Waals surface area contributed by atoms with Crippen molar-refractivity contribution in [2.45, 2.75) is 39.7 Å². The van der Waals surface area contributed by atoms with Gasteiger partial charge in [0.2, 0.25) is 0 Å². The normalized spacial score (nSPS) is 12.2. The number of carbonyl (C=O) groups is 1. The second-order valence-corrected chi connectivity index (χ2v) is 4.07. The zero-order valence-electron chi connectivity index (χ0n) is 10.1. The van der Waals surface area contributed by atoms with Crippen LogP contribution in [-0.4, -0.2) is 17.1 Å². The van der Waals surface area contributed by atoms with Crippen LogP contribution in [0.15, 0.2) is 18.2 Å². The maximum absolute atomic E-state index is 11.0. The highest BCUT2D eigenvalue weighted by Crippen LogP contribution is 2.19. The molecule has 2 N–H and O–H groups in total. The number of hydrogen-bond acceptors (Lipinski definition) is 2. The van der Waals surface area contributed by atoms with E-state index in [1.165, 1.54) is 5.56 Å². The lowest BCUT2D eigenvalue weighted by molar-refractivity contribution is -0.138. The van der Waals surface area contributed by atoms with Gasteiger partial charge in [-0.25, -0.2) is 4.79 Å². The quantitative estimate of drug-likeness (QED) is 0.803. The summed E-state index contributed by atoms with van der Waals surface area (Å²) in [5.41, 5.74) is 3.20. The maximum Gasteiger partial charge on any atom is 0.326 e. The fraction of sp³-hybridized carbons (Fsp3) is 0.462. The summed E-state index contributed by atoms with van der Waals surface area (Å²) in [6.07, 6.45) is 1.50. The zero-order chi connectivity index (χ0) is 12.1. The predicted molar refractivity (Wildman–Crippen MR) is 65.9 cm³/mol. The molecule has 1 aromatic rings. The Morgan fingerprint density at radius 1 is 1.44 bits per heavy atom. The molecule has 88 valence electrons. The van der Waals surface area contributed by atoms with E-state index >= 15 is 0 Å². The van der Waals surface area contributed by atoms with Crippen LogP contribution >= 0.6 is 0 Å². The summed E-state index contributed by atoms with van der Waals surface area (Å²) in [4.78, 5) is 11.0. The number of rotatable bonds is 5. The van der Waals surface area contributed by atoms with Gasteiger partial charge >= 0.3 is 5.97 Å². The number of aliphatic carboxylic acids is 1.